The molecular formula is C20H21N3O3S. The van der Waals surface area contributed by atoms with Gasteiger partial charge < -0.3 is 5.32 Å². The molecule has 1 N–H and O–H groups in total. The molecule has 0 fully saturated rings. The number of pyridine rings is 1. The Balaban J connectivity index is 1.82. The van der Waals surface area contributed by atoms with Gasteiger partial charge in [0.1, 0.15) is 4.90 Å². The van der Waals surface area contributed by atoms with E-state index in [-0.39, 0.29) is 11.4 Å². The van der Waals surface area contributed by atoms with E-state index in [9.17, 15) is 13.2 Å². The van der Waals surface area contributed by atoms with Gasteiger partial charge in [-0.3, -0.25) is 9.78 Å². The van der Waals surface area contributed by atoms with Crippen molar-refractivity contribution in [2.45, 2.75) is 18.2 Å². The van der Waals surface area contributed by atoms with Gasteiger partial charge in [0.25, 0.3) is 0 Å². The van der Waals surface area contributed by atoms with Crippen LogP contribution in [0.2, 0.25) is 0 Å². The zero-order chi connectivity index (χ0) is 19.4. The van der Waals surface area contributed by atoms with Gasteiger partial charge in [-0.15, -0.1) is 0 Å². The minimum atomic E-state index is -3.86. The van der Waals surface area contributed by atoms with Gasteiger partial charge in [0.2, 0.25) is 15.9 Å². The molecule has 0 aliphatic heterocycles. The van der Waals surface area contributed by atoms with Gasteiger partial charge in [-0.2, -0.15) is 4.31 Å². The molecule has 7 heteroatoms. The van der Waals surface area contributed by atoms with E-state index < -0.39 is 15.9 Å². The van der Waals surface area contributed by atoms with E-state index in [0.29, 0.717) is 11.2 Å². The van der Waals surface area contributed by atoms with Crippen molar-refractivity contribution in [1.82, 2.24) is 9.29 Å². The molecule has 3 aromatic rings. The number of carbonyl (C=O) groups is 1. The number of para-hydroxylation sites is 2. The number of aromatic nitrogens is 1. The molecule has 0 spiro atoms. The zero-order valence-corrected chi connectivity index (χ0v) is 16.0. The number of benzene rings is 2. The van der Waals surface area contributed by atoms with Gasteiger partial charge in [-0.05, 0) is 30.2 Å². The third kappa shape index (κ3) is 3.99. The molecule has 0 aliphatic carbocycles. The first kappa shape index (κ1) is 19.0. The largest absolute Gasteiger partial charge is 0.325 e. The van der Waals surface area contributed by atoms with Crippen LogP contribution in [0.15, 0.2) is 65.7 Å². The number of carbonyl (C=O) groups excluding carboxylic acids is 1. The lowest BCUT2D eigenvalue weighted by molar-refractivity contribution is -0.116. The summed E-state index contributed by atoms with van der Waals surface area (Å²) < 4.78 is 27.0. The van der Waals surface area contributed by atoms with Crippen molar-refractivity contribution in [1.29, 1.82) is 0 Å². The molecule has 0 unspecified atom stereocenters. The third-order valence-electron chi connectivity index (χ3n) is 4.32. The van der Waals surface area contributed by atoms with E-state index in [1.54, 1.807) is 36.5 Å². The van der Waals surface area contributed by atoms with E-state index in [2.05, 4.69) is 10.3 Å². The van der Waals surface area contributed by atoms with Gasteiger partial charge in [-0.25, -0.2) is 8.42 Å². The van der Waals surface area contributed by atoms with Crippen molar-refractivity contribution in [3.05, 3.63) is 66.4 Å². The van der Waals surface area contributed by atoms with Crippen LogP contribution in [0.3, 0.4) is 0 Å². The number of nitrogens with one attached hydrogen (secondary N) is 1. The molecule has 3 rings (SSSR count). The van der Waals surface area contributed by atoms with E-state index in [4.69, 9.17) is 0 Å². The van der Waals surface area contributed by atoms with Gasteiger partial charge >= 0.3 is 0 Å². The van der Waals surface area contributed by atoms with E-state index >= 15 is 0 Å². The fourth-order valence-corrected chi connectivity index (χ4v) is 4.17. The maximum absolute atomic E-state index is 13.0. The molecular weight excluding hydrogens is 362 g/mol. The van der Waals surface area contributed by atoms with E-state index in [0.717, 1.165) is 21.7 Å². The molecule has 2 aromatic carbocycles. The predicted octanol–water partition coefficient (Wildman–Crippen LogP) is 3.06. The zero-order valence-electron chi connectivity index (χ0n) is 15.2. The number of hydrogen-bond donors (Lipinski definition) is 1. The second kappa shape index (κ2) is 7.85. The number of rotatable bonds is 6. The van der Waals surface area contributed by atoms with E-state index in [1.807, 2.05) is 25.1 Å². The topological polar surface area (TPSA) is 79.4 Å². The summed E-state index contributed by atoms with van der Waals surface area (Å²) in [6, 6.07) is 16.0. The smallest absolute Gasteiger partial charge is 0.245 e. The Bertz CT molecular complexity index is 1080. The number of likely N-dealkylation sites (N-methyl/N-ethyl adjacent to an activating group) is 1. The van der Waals surface area contributed by atoms with Crippen molar-refractivity contribution in [2.24, 2.45) is 0 Å². The molecule has 0 saturated heterocycles. The van der Waals surface area contributed by atoms with Gasteiger partial charge in [0.05, 0.1) is 12.1 Å². The quantitative estimate of drug-likeness (QED) is 0.709. The van der Waals surface area contributed by atoms with Gasteiger partial charge in [0.15, 0.2) is 0 Å². The number of hydrogen-bond acceptors (Lipinski definition) is 4. The fourth-order valence-electron chi connectivity index (χ4n) is 2.88. The van der Waals surface area contributed by atoms with Gasteiger partial charge in [0, 0.05) is 24.3 Å². The highest BCUT2D eigenvalue weighted by Crippen LogP contribution is 2.23. The van der Waals surface area contributed by atoms with Crippen LogP contribution in [0.1, 0.15) is 12.5 Å². The number of nitrogens with zero attached hydrogens (tertiary/aromatic N) is 2. The molecule has 0 radical (unpaired) electrons. The van der Waals surface area contributed by atoms with Crippen LogP contribution >= 0.6 is 0 Å². The predicted molar refractivity (Wildman–Crippen MR) is 106 cm³/mol. The van der Waals surface area contributed by atoms with Crippen molar-refractivity contribution >= 4 is 32.5 Å². The number of anilines is 1. The van der Waals surface area contributed by atoms with Crippen LogP contribution in [-0.4, -0.2) is 37.2 Å². The lowest BCUT2D eigenvalue weighted by Gasteiger charge is -2.18. The second-order valence-corrected chi connectivity index (χ2v) is 8.16. The molecule has 1 amide bonds. The SMILES string of the molecule is CCc1ccccc1NC(=O)CN(C)S(=O)(=O)c1cccc2cccnc12. The van der Waals surface area contributed by atoms with Crippen molar-refractivity contribution in [2.75, 3.05) is 18.9 Å². The standard InChI is InChI=1S/C20H21N3O3S/c1-3-15-8-4-5-11-17(15)22-19(24)14-23(2)27(25,26)18-12-6-9-16-10-7-13-21-20(16)18/h4-13H,3,14H2,1-2H3,(H,22,24). The van der Waals surface area contributed by atoms with Crippen LogP contribution in [0.25, 0.3) is 10.9 Å². The van der Waals surface area contributed by atoms with Crippen molar-refractivity contribution in [3.63, 3.8) is 0 Å². The van der Waals surface area contributed by atoms with E-state index in [1.165, 1.54) is 13.1 Å². The van der Waals surface area contributed by atoms with Gasteiger partial charge in [-0.1, -0.05) is 43.3 Å². The molecule has 6 nitrogen and oxygen atoms in total. The third-order valence-corrected chi connectivity index (χ3v) is 6.16. The second-order valence-electron chi connectivity index (χ2n) is 6.15. The van der Waals surface area contributed by atoms with Crippen LogP contribution < -0.4 is 5.32 Å². The highest BCUT2D eigenvalue weighted by molar-refractivity contribution is 7.89. The lowest BCUT2D eigenvalue weighted by Crippen LogP contribution is -2.35. The minimum Gasteiger partial charge on any atom is -0.325 e. The Labute approximate surface area is 158 Å². The van der Waals surface area contributed by atoms with Crippen LogP contribution in [0, 0.1) is 0 Å². The summed E-state index contributed by atoms with van der Waals surface area (Å²) in [5.41, 5.74) is 2.08. The fraction of sp³-hybridized carbons (Fsp3) is 0.200. The van der Waals surface area contributed by atoms with Crippen molar-refractivity contribution in [3.8, 4) is 0 Å². The number of sulfonamides is 1. The Morgan fingerprint density at radius 1 is 1.07 bits per heavy atom. The summed E-state index contributed by atoms with van der Waals surface area (Å²) >= 11 is 0. The number of fused-ring (bicyclic) bond motifs is 1. The summed E-state index contributed by atoms with van der Waals surface area (Å²) in [7, 11) is -2.47. The number of aryl methyl sites for hydroxylation is 1. The molecule has 140 valence electrons. The molecule has 1 aromatic heterocycles. The molecule has 0 saturated carbocycles. The Hall–Kier alpha value is -2.77. The maximum atomic E-state index is 13.0. The molecule has 1 heterocycles. The molecule has 0 bridgehead atoms. The average molecular weight is 383 g/mol. The Kier molecular flexibility index (Phi) is 5.53. The van der Waals surface area contributed by atoms with Crippen LogP contribution in [0.5, 0.6) is 0 Å². The van der Waals surface area contributed by atoms with Crippen LogP contribution in [-0.2, 0) is 21.2 Å². The monoisotopic (exact) mass is 383 g/mol. The Morgan fingerprint density at radius 3 is 2.59 bits per heavy atom. The molecule has 0 atom stereocenters. The lowest BCUT2D eigenvalue weighted by atomic mass is 10.1. The van der Waals surface area contributed by atoms with Crippen LogP contribution in [0.4, 0.5) is 5.69 Å². The number of amides is 1. The molecule has 0 aliphatic rings. The summed E-state index contributed by atoms with van der Waals surface area (Å²) in [6.45, 7) is 1.71. The first-order valence-corrected chi connectivity index (χ1v) is 10.1. The summed E-state index contributed by atoms with van der Waals surface area (Å²) in [5, 5.41) is 3.52. The maximum Gasteiger partial charge on any atom is 0.245 e. The first-order valence-electron chi connectivity index (χ1n) is 8.61. The summed E-state index contributed by atoms with van der Waals surface area (Å²) in [5.74, 6) is -0.393. The first-order chi connectivity index (χ1) is 12.9. The van der Waals surface area contributed by atoms with Crippen molar-refractivity contribution < 1.29 is 13.2 Å². The normalized spacial score (nSPS) is 11.7. The average Bonchev–Trinajstić information content (AvgIpc) is 2.67. The highest BCUT2D eigenvalue weighted by Gasteiger charge is 2.25. The summed E-state index contributed by atoms with van der Waals surface area (Å²) in [4.78, 5) is 16.7. The summed E-state index contributed by atoms with van der Waals surface area (Å²) in [6.07, 6.45) is 2.32. The minimum absolute atomic E-state index is 0.0878. The Morgan fingerprint density at radius 2 is 1.81 bits per heavy atom. The molecule has 27 heavy (non-hydrogen) atoms. The highest BCUT2D eigenvalue weighted by atomic mass is 32.2.